The number of carbonyl (C=O) groups excluding carboxylic acids is 1. The molecule has 2 rings (SSSR count). The summed E-state index contributed by atoms with van der Waals surface area (Å²) in [5, 5.41) is 0.0234. The van der Waals surface area contributed by atoms with E-state index in [1.807, 2.05) is 0 Å². The Kier molecular flexibility index (Phi) is 3.93. The Bertz CT molecular complexity index is 625. The molecule has 0 bridgehead atoms. The summed E-state index contributed by atoms with van der Waals surface area (Å²) in [5.41, 5.74) is 0. The van der Waals surface area contributed by atoms with E-state index in [4.69, 9.17) is 23.2 Å². The van der Waals surface area contributed by atoms with Crippen LogP contribution in [0.3, 0.4) is 0 Å². The van der Waals surface area contributed by atoms with Crippen molar-refractivity contribution >= 4 is 45.2 Å². The van der Waals surface area contributed by atoms with Crippen molar-refractivity contribution in [3.63, 3.8) is 0 Å². The van der Waals surface area contributed by atoms with Gasteiger partial charge in [-0.2, -0.15) is 13.4 Å². The van der Waals surface area contributed by atoms with Crippen LogP contribution in [0, 0.1) is 5.92 Å². The molecule has 1 atom stereocenters. The van der Waals surface area contributed by atoms with E-state index in [9.17, 15) is 17.1 Å². The quantitative estimate of drug-likeness (QED) is 0.619. The van der Waals surface area contributed by atoms with Crippen LogP contribution >= 0.6 is 23.2 Å². The second kappa shape index (κ2) is 5.18. The van der Waals surface area contributed by atoms with E-state index in [2.05, 4.69) is 9.97 Å². The summed E-state index contributed by atoms with van der Waals surface area (Å²) in [6.45, 7) is 0.0229. The van der Waals surface area contributed by atoms with E-state index in [1.165, 1.54) is 11.1 Å². The lowest BCUT2D eigenvalue weighted by molar-refractivity contribution is -0.117. The number of hydrogen-bond acceptors (Lipinski definition) is 5. The van der Waals surface area contributed by atoms with Crippen molar-refractivity contribution in [3.05, 3.63) is 16.5 Å². The third-order valence-electron chi connectivity index (χ3n) is 2.59. The van der Waals surface area contributed by atoms with E-state index in [0.29, 0.717) is 0 Å². The number of amides is 1. The summed E-state index contributed by atoms with van der Waals surface area (Å²) in [5.74, 6) is -1.62. The Labute approximate surface area is 118 Å². The fourth-order valence-electron chi connectivity index (χ4n) is 1.91. The van der Waals surface area contributed by atoms with E-state index in [1.54, 1.807) is 0 Å². The van der Waals surface area contributed by atoms with Crippen LogP contribution in [0.15, 0.2) is 6.20 Å². The highest BCUT2D eigenvalue weighted by atomic mass is 35.5. The van der Waals surface area contributed by atoms with Crippen LogP contribution in [0.1, 0.15) is 6.42 Å². The highest BCUT2D eigenvalue weighted by molar-refractivity contribution is 7.86. The van der Waals surface area contributed by atoms with Gasteiger partial charge in [-0.1, -0.05) is 11.6 Å². The average Bonchev–Trinajstić information content (AvgIpc) is 2.60. The topological polar surface area (TPSA) is 80.2 Å². The normalized spacial score (nSPS) is 20.1. The molecule has 1 aromatic rings. The largest absolute Gasteiger partial charge is 0.302 e. The minimum absolute atomic E-state index is 0.0229. The summed E-state index contributed by atoms with van der Waals surface area (Å²) in [7, 11) is -4.63. The van der Waals surface area contributed by atoms with Gasteiger partial charge in [-0.25, -0.2) is 4.98 Å². The Balaban J connectivity index is 2.23. The second-order valence-electron chi connectivity index (χ2n) is 4.09. The SMILES string of the molecule is O=C1CC(CS(=O)(=O)F)CN1c1nc(Cl)ncc1Cl. The molecule has 1 aliphatic rings. The Morgan fingerprint density at radius 1 is 1.47 bits per heavy atom. The fourth-order valence-corrected chi connectivity index (χ4v) is 3.01. The number of nitrogens with zero attached hydrogens (tertiary/aromatic N) is 3. The van der Waals surface area contributed by atoms with E-state index in [-0.39, 0.29) is 35.0 Å². The van der Waals surface area contributed by atoms with Crippen LogP contribution in [0.2, 0.25) is 10.3 Å². The summed E-state index contributed by atoms with van der Waals surface area (Å²) in [4.78, 5) is 20.4. The number of hydrogen-bond donors (Lipinski definition) is 0. The number of aromatic nitrogens is 2. The van der Waals surface area contributed by atoms with Gasteiger partial charge in [-0.05, 0) is 11.6 Å². The van der Waals surface area contributed by atoms with Gasteiger partial charge in [0.1, 0.15) is 5.02 Å². The minimum atomic E-state index is -4.63. The molecule has 1 aromatic heterocycles. The predicted molar refractivity (Wildman–Crippen MR) is 67.4 cm³/mol. The molecule has 10 heteroatoms. The molecule has 0 aliphatic carbocycles. The molecular weight excluding hydrogens is 320 g/mol. The summed E-state index contributed by atoms with van der Waals surface area (Å²) >= 11 is 11.5. The molecule has 1 unspecified atom stereocenters. The van der Waals surface area contributed by atoms with Gasteiger partial charge < -0.3 is 0 Å². The van der Waals surface area contributed by atoms with Crippen molar-refractivity contribution in [2.45, 2.75) is 6.42 Å². The highest BCUT2D eigenvalue weighted by Gasteiger charge is 2.35. The second-order valence-corrected chi connectivity index (χ2v) is 6.25. The maximum atomic E-state index is 12.6. The minimum Gasteiger partial charge on any atom is -0.295 e. The van der Waals surface area contributed by atoms with Gasteiger partial charge in [-0.15, -0.1) is 3.89 Å². The van der Waals surface area contributed by atoms with Crippen molar-refractivity contribution in [3.8, 4) is 0 Å². The lowest BCUT2D eigenvalue weighted by atomic mass is 10.1. The number of carbonyl (C=O) groups is 1. The van der Waals surface area contributed by atoms with E-state index in [0.717, 1.165) is 0 Å². The van der Waals surface area contributed by atoms with Crippen LogP contribution in [-0.4, -0.2) is 36.6 Å². The van der Waals surface area contributed by atoms with Crippen LogP contribution in [-0.2, 0) is 15.0 Å². The zero-order chi connectivity index (χ0) is 14.2. The zero-order valence-corrected chi connectivity index (χ0v) is 11.7. The monoisotopic (exact) mass is 327 g/mol. The van der Waals surface area contributed by atoms with Crippen LogP contribution < -0.4 is 4.90 Å². The highest BCUT2D eigenvalue weighted by Crippen LogP contribution is 2.30. The van der Waals surface area contributed by atoms with Crippen LogP contribution in [0.25, 0.3) is 0 Å². The van der Waals surface area contributed by atoms with Gasteiger partial charge >= 0.3 is 10.2 Å². The Morgan fingerprint density at radius 2 is 2.16 bits per heavy atom. The van der Waals surface area contributed by atoms with Gasteiger partial charge in [0.25, 0.3) is 0 Å². The molecule has 1 saturated heterocycles. The summed E-state index contributed by atoms with van der Waals surface area (Å²) in [6.07, 6.45) is 1.15. The first-order valence-electron chi connectivity index (χ1n) is 5.17. The van der Waals surface area contributed by atoms with Crippen LogP contribution in [0.5, 0.6) is 0 Å². The number of halogens is 3. The van der Waals surface area contributed by atoms with Crippen molar-refractivity contribution in [2.75, 3.05) is 17.2 Å². The molecule has 1 amide bonds. The van der Waals surface area contributed by atoms with Crippen molar-refractivity contribution in [1.29, 1.82) is 0 Å². The molecule has 0 spiro atoms. The number of anilines is 1. The molecule has 0 aromatic carbocycles. The van der Waals surface area contributed by atoms with Crippen molar-refractivity contribution in [2.24, 2.45) is 5.92 Å². The predicted octanol–water partition coefficient (Wildman–Crippen LogP) is 1.44. The lowest BCUT2D eigenvalue weighted by Gasteiger charge is -2.16. The first kappa shape index (κ1) is 14.4. The summed E-state index contributed by atoms with van der Waals surface area (Å²) in [6, 6.07) is 0. The molecule has 19 heavy (non-hydrogen) atoms. The van der Waals surface area contributed by atoms with Gasteiger partial charge in [0.2, 0.25) is 11.2 Å². The maximum absolute atomic E-state index is 12.6. The molecule has 0 radical (unpaired) electrons. The first-order chi connectivity index (χ1) is 8.76. The maximum Gasteiger partial charge on any atom is 0.302 e. The molecule has 0 N–H and O–H groups in total. The van der Waals surface area contributed by atoms with Crippen LogP contribution in [0.4, 0.5) is 9.70 Å². The van der Waals surface area contributed by atoms with Crippen molar-refractivity contribution in [1.82, 2.24) is 9.97 Å². The smallest absolute Gasteiger partial charge is 0.295 e. The molecule has 2 heterocycles. The Hall–Kier alpha value is -0.990. The lowest BCUT2D eigenvalue weighted by Crippen LogP contribution is -2.26. The molecule has 0 saturated carbocycles. The summed E-state index contributed by atoms with van der Waals surface area (Å²) < 4.78 is 33.8. The molecule has 1 aliphatic heterocycles. The Morgan fingerprint density at radius 3 is 2.79 bits per heavy atom. The fraction of sp³-hybridized carbons (Fsp3) is 0.444. The molecular formula is C9H8Cl2FN3O3S. The zero-order valence-electron chi connectivity index (χ0n) is 9.38. The van der Waals surface area contributed by atoms with Gasteiger partial charge in [0.15, 0.2) is 5.82 Å². The third kappa shape index (κ3) is 3.52. The van der Waals surface area contributed by atoms with Gasteiger partial charge in [0.05, 0.1) is 11.9 Å². The average molecular weight is 328 g/mol. The van der Waals surface area contributed by atoms with Crippen molar-refractivity contribution < 1.29 is 17.1 Å². The van der Waals surface area contributed by atoms with Gasteiger partial charge in [0, 0.05) is 18.9 Å². The van der Waals surface area contributed by atoms with E-state index < -0.39 is 21.9 Å². The molecule has 6 nitrogen and oxygen atoms in total. The molecule has 1 fully saturated rings. The first-order valence-corrected chi connectivity index (χ1v) is 7.48. The molecule has 104 valence electrons. The standard InChI is InChI=1S/C9H8Cl2FN3O3S/c10-6-2-13-9(11)14-8(6)15-3-5(1-7(15)16)4-19(12,17)18/h2,5H,1,3-4H2. The van der Waals surface area contributed by atoms with E-state index >= 15 is 0 Å². The third-order valence-corrected chi connectivity index (χ3v) is 3.91. The number of rotatable bonds is 3. The van der Waals surface area contributed by atoms with Gasteiger partial charge in [-0.3, -0.25) is 9.69 Å².